The largest absolute Gasteiger partial charge is 0.383 e. The van der Waals surface area contributed by atoms with Crippen molar-refractivity contribution in [2.45, 2.75) is 44.4 Å². The number of hydrogen-bond acceptors (Lipinski definition) is 6. The van der Waals surface area contributed by atoms with Crippen molar-refractivity contribution in [2.75, 3.05) is 17.2 Å². The number of hydrogen-bond donors (Lipinski definition) is 1. The van der Waals surface area contributed by atoms with Crippen LogP contribution in [0, 0.1) is 6.92 Å². The first-order valence-corrected chi connectivity index (χ1v) is 13.0. The molecule has 0 bridgehead atoms. The summed E-state index contributed by atoms with van der Waals surface area (Å²) in [6, 6.07) is 8.32. The number of nitrogens with zero attached hydrogens (tertiary/aromatic N) is 4. The topological polar surface area (TPSA) is 103 Å². The maximum absolute atomic E-state index is 12.0. The molecule has 1 aliphatic heterocycles. The molecule has 164 valence electrons. The summed E-state index contributed by atoms with van der Waals surface area (Å²) in [5, 5.41) is 5.65. The summed E-state index contributed by atoms with van der Waals surface area (Å²) >= 11 is 0. The van der Waals surface area contributed by atoms with Crippen LogP contribution in [0.3, 0.4) is 0 Å². The molecule has 0 atom stereocenters. The summed E-state index contributed by atoms with van der Waals surface area (Å²) in [7, 11) is -2.94. The lowest BCUT2D eigenvalue weighted by Crippen LogP contribution is -2.24. The Morgan fingerprint density at radius 3 is 2.56 bits per heavy atom. The van der Waals surface area contributed by atoms with E-state index in [1.165, 1.54) is 5.56 Å². The van der Waals surface area contributed by atoms with Crippen LogP contribution in [0.25, 0.3) is 27.7 Å². The average molecular weight is 448 g/mol. The van der Waals surface area contributed by atoms with E-state index in [1.54, 1.807) is 4.52 Å². The van der Waals surface area contributed by atoms with Gasteiger partial charge in [0, 0.05) is 34.2 Å². The molecule has 0 amide bonds. The van der Waals surface area contributed by atoms with Gasteiger partial charge in [0.1, 0.15) is 15.7 Å². The lowest BCUT2D eigenvalue weighted by Gasteiger charge is -2.24. The maximum atomic E-state index is 12.0. The molecule has 1 saturated heterocycles. The van der Waals surface area contributed by atoms with Crippen LogP contribution in [-0.4, -0.2) is 39.5 Å². The van der Waals surface area contributed by atoms with E-state index in [2.05, 4.69) is 35.2 Å². The number of fused-ring (bicyclic) bond motifs is 2. The molecule has 0 spiro atoms. The van der Waals surface area contributed by atoms with Gasteiger partial charge in [-0.3, -0.25) is 4.98 Å². The van der Waals surface area contributed by atoms with E-state index in [1.807, 2.05) is 18.5 Å². The van der Waals surface area contributed by atoms with Gasteiger partial charge in [-0.2, -0.15) is 9.61 Å². The summed E-state index contributed by atoms with van der Waals surface area (Å²) < 4.78 is 25.7. The van der Waals surface area contributed by atoms with Gasteiger partial charge in [0.15, 0.2) is 5.65 Å². The van der Waals surface area contributed by atoms with E-state index in [0.29, 0.717) is 30.2 Å². The number of aromatic nitrogens is 4. The third-order valence-corrected chi connectivity index (χ3v) is 8.54. The highest BCUT2D eigenvalue weighted by Gasteiger charge is 2.35. The van der Waals surface area contributed by atoms with Crippen LogP contribution in [0.4, 0.5) is 5.82 Å². The lowest BCUT2D eigenvalue weighted by atomic mass is 9.92. The summed E-state index contributed by atoms with van der Waals surface area (Å²) in [5.74, 6) is 1.58. The van der Waals surface area contributed by atoms with Crippen LogP contribution in [-0.2, 0) is 9.84 Å². The van der Waals surface area contributed by atoms with Crippen molar-refractivity contribution < 1.29 is 8.42 Å². The third-order valence-electron chi connectivity index (χ3n) is 6.82. The lowest BCUT2D eigenvalue weighted by molar-refractivity contribution is 0.542. The van der Waals surface area contributed by atoms with E-state index in [0.717, 1.165) is 46.1 Å². The molecule has 2 N–H and O–H groups in total. The Kier molecular flexibility index (Phi) is 4.30. The molecule has 2 fully saturated rings. The molecule has 4 heterocycles. The fourth-order valence-corrected chi connectivity index (χ4v) is 6.40. The van der Waals surface area contributed by atoms with Gasteiger partial charge in [0.25, 0.3) is 0 Å². The Labute approximate surface area is 186 Å². The highest BCUT2D eigenvalue weighted by molar-refractivity contribution is 7.91. The molecule has 2 aliphatic rings. The summed E-state index contributed by atoms with van der Waals surface area (Å²) in [4.78, 5) is 9.73. The monoisotopic (exact) mass is 447 g/mol. The van der Waals surface area contributed by atoms with Gasteiger partial charge in [-0.15, -0.1) is 0 Å². The average Bonchev–Trinajstić information content (AvgIpc) is 3.51. The zero-order chi connectivity index (χ0) is 22.0. The molecule has 0 unspecified atom stereocenters. The Bertz CT molecular complexity index is 1470. The van der Waals surface area contributed by atoms with Crippen molar-refractivity contribution >= 4 is 32.2 Å². The minimum absolute atomic E-state index is 0.113. The Balaban J connectivity index is 1.52. The Morgan fingerprint density at radius 2 is 1.81 bits per heavy atom. The fraction of sp³-hybridized carbons (Fsp3) is 0.375. The van der Waals surface area contributed by atoms with Crippen LogP contribution in [0.1, 0.15) is 54.3 Å². The second-order valence-electron chi connectivity index (χ2n) is 9.21. The van der Waals surface area contributed by atoms with E-state index < -0.39 is 9.84 Å². The van der Waals surface area contributed by atoms with E-state index in [9.17, 15) is 8.42 Å². The summed E-state index contributed by atoms with van der Waals surface area (Å²) in [6.07, 6.45) is 7.06. The molecule has 1 aromatic carbocycles. The summed E-state index contributed by atoms with van der Waals surface area (Å²) in [6.45, 7) is 2.07. The van der Waals surface area contributed by atoms with E-state index >= 15 is 0 Å². The van der Waals surface area contributed by atoms with Gasteiger partial charge in [0.05, 0.1) is 28.9 Å². The minimum atomic E-state index is -2.94. The highest BCUT2D eigenvalue weighted by atomic mass is 32.2. The standard InChI is InChI=1S/C24H25N5O2S/c1-14-2-5-20-17(10-14)11-18(12-26-20)19-13-27-29-23(25)21(15-3-4-15)22(28-24(19)29)16-6-8-32(30,31)9-7-16/h2,5,10-13,15-16H,3-4,6-9,25H2,1H3. The van der Waals surface area contributed by atoms with E-state index in [-0.39, 0.29) is 17.4 Å². The zero-order valence-corrected chi connectivity index (χ0v) is 18.8. The van der Waals surface area contributed by atoms with Crippen molar-refractivity contribution in [3.05, 3.63) is 53.5 Å². The number of nitrogens with two attached hydrogens (primary N) is 1. The van der Waals surface area contributed by atoms with Gasteiger partial charge in [0.2, 0.25) is 0 Å². The van der Waals surface area contributed by atoms with Gasteiger partial charge in [-0.1, -0.05) is 11.6 Å². The zero-order valence-electron chi connectivity index (χ0n) is 18.0. The molecule has 0 radical (unpaired) electrons. The molecular formula is C24H25N5O2S. The fourth-order valence-electron chi connectivity index (χ4n) is 4.91. The molecule has 4 aromatic rings. The third kappa shape index (κ3) is 3.24. The van der Waals surface area contributed by atoms with Gasteiger partial charge < -0.3 is 5.73 Å². The number of anilines is 1. The first-order chi connectivity index (χ1) is 15.4. The van der Waals surface area contributed by atoms with Crippen LogP contribution in [0.5, 0.6) is 0 Å². The number of pyridine rings is 1. The Hall–Kier alpha value is -3.00. The van der Waals surface area contributed by atoms with Crippen LogP contribution in [0.15, 0.2) is 36.7 Å². The van der Waals surface area contributed by atoms with Crippen LogP contribution in [0.2, 0.25) is 0 Å². The van der Waals surface area contributed by atoms with Crippen molar-refractivity contribution in [1.82, 2.24) is 19.6 Å². The number of aryl methyl sites for hydroxylation is 1. The second-order valence-corrected chi connectivity index (χ2v) is 11.5. The van der Waals surface area contributed by atoms with E-state index in [4.69, 9.17) is 10.7 Å². The SMILES string of the molecule is Cc1ccc2ncc(-c3cnn4c(N)c(C5CC5)c(C5CCS(=O)(=O)CC5)nc34)cc2c1. The number of sulfone groups is 1. The maximum Gasteiger partial charge on any atom is 0.165 e. The molecule has 1 saturated carbocycles. The predicted octanol–water partition coefficient (Wildman–Crippen LogP) is 4.00. The normalized spacial score (nSPS) is 19.0. The van der Waals surface area contributed by atoms with Crippen molar-refractivity contribution in [2.24, 2.45) is 0 Å². The van der Waals surface area contributed by atoms with Crippen molar-refractivity contribution in [3.63, 3.8) is 0 Å². The number of rotatable bonds is 3. The first-order valence-electron chi connectivity index (χ1n) is 11.1. The first kappa shape index (κ1) is 19.7. The van der Waals surface area contributed by atoms with Crippen molar-refractivity contribution in [3.8, 4) is 11.1 Å². The van der Waals surface area contributed by atoms with Gasteiger partial charge in [-0.25, -0.2) is 13.4 Å². The minimum Gasteiger partial charge on any atom is -0.383 e. The molecular weight excluding hydrogens is 422 g/mol. The molecule has 1 aliphatic carbocycles. The van der Waals surface area contributed by atoms with Gasteiger partial charge >= 0.3 is 0 Å². The quantitative estimate of drug-likeness (QED) is 0.509. The van der Waals surface area contributed by atoms with Gasteiger partial charge in [-0.05, 0) is 56.7 Å². The van der Waals surface area contributed by atoms with Crippen LogP contribution < -0.4 is 5.73 Å². The second kappa shape index (κ2) is 7.00. The molecule has 32 heavy (non-hydrogen) atoms. The van der Waals surface area contributed by atoms with Crippen LogP contribution >= 0.6 is 0 Å². The summed E-state index contributed by atoms with van der Waals surface area (Å²) in [5.41, 5.74) is 13.4. The smallest absolute Gasteiger partial charge is 0.165 e. The highest BCUT2D eigenvalue weighted by Crippen LogP contribution is 2.47. The predicted molar refractivity (Wildman–Crippen MR) is 125 cm³/mol. The molecule has 3 aromatic heterocycles. The van der Waals surface area contributed by atoms with Crippen molar-refractivity contribution in [1.29, 1.82) is 0 Å². The molecule has 7 nitrogen and oxygen atoms in total. The number of benzene rings is 1. The molecule has 8 heteroatoms. The molecule has 6 rings (SSSR count). The Morgan fingerprint density at radius 1 is 1.03 bits per heavy atom. The number of nitrogen functional groups attached to an aromatic ring is 1.